The van der Waals surface area contributed by atoms with Crippen molar-refractivity contribution in [2.24, 2.45) is 5.92 Å². The Morgan fingerprint density at radius 2 is 1.66 bits per heavy atom. The van der Waals surface area contributed by atoms with E-state index in [4.69, 9.17) is 9.90 Å². The number of halogens is 5. The van der Waals surface area contributed by atoms with Gasteiger partial charge in [-0.2, -0.15) is 13.2 Å². The van der Waals surface area contributed by atoms with Crippen LogP contribution in [-0.2, 0) is 10.7 Å². The van der Waals surface area contributed by atoms with E-state index in [-0.39, 0.29) is 5.56 Å². The smallest absolute Gasteiger partial charge is 0.475 e. The number of benzene rings is 1. The van der Waals surface area contributed by atoms with E-state index in [9.17, 15) is 22.0 Å². The molecule has 3 rings (SSSR count). The lowest BCUT2D eigenvalue weighted by Crippen LogP contribution is -2.33. The van der Waals surface area contributed by atoms with Crippen molar-refractivity contribution in [3.05, 3.63) is 42.1 Å². The van der Waals surface area contributed by atoms with Crippen LogP contribution in [0.25, 0.3) is 11.1 Å². The molecule has 1 aromatic carbocycles. The summed E-state index contributed by atoms with van der Waals surface area (Å²) < 4.78 is 59.7. The zero-order chi connectivity index (χ0) is 24.1. The first kappa shape index (κ1) is 25.9. The van der Waals surface area contributed by atoms with Gasteiger partial charge in [0.15, 0.2) is 0 Å². The molecule has 176 valence electrons. The molecule has 1 aromatic heterocycles. The van der Waals surface area contributed by atoms with Crippen LogP contribution in [0.2, 0.25) is 0 Å². The third kappa shape index (κ3) is 7.08. The van der Waals surface area contributed by atoms with Gasteiger partial charge >= 0.3 is 12.1 Å². The van der Waals surface area contributed by atoms with E-state index in [1.807, 2.05) is 24.5 Å². The third-order valence-electron chi connectivity index (χ3n) is 5.10. The Labute approximate surface area is 187 Å². The van der Waals surface area contributed by atoms with Gasteiger partial charge < -0.3 is 10.0 Å². The molecule has 1 fully saturated rings. The van der Waals surface area contributed by atoms with Gasteiger partial charge in [0.05, 0.1) is 0 Å². The van der Waals surface area contributed by atoms with Gasteiger partial charge in [-0.25, -0.2) is 18.6 Å². The fourth-order valence-corrected chi connectivity index (χ4v) is 3.90. The Morgan fingerprint density at radius 1 is 1.09 bits per heavy atom. The quantitative estimate of drug-likeness (QED) is 0.406. The van der Waals surface area contributed by atoms with Crippen molar-refractivity contribution in [1.29, 1.82) is 0 Å². The molecule has 0 atom stereocenters. The zero-order valence-corrected chi connectivity index (χ0v) is 18.7. The second-order valence-electron chi connectivity index (χ2n) is 7.68. The lowest BCUT2D eigenvalue weighted by molar-refractivity contribution is -0.192. The minimum Gasteiger partial charge on any atom is -0.475 e. The second-order valence-corrected chi connectivity index (χ2v) is 8.53. The number of pyridine rings is 1. The molecule has 0 bridgehead atoms. The SMILES string of the molecule is CSc1ccc(-c2ccnc(N3CCC(C)CC3)c2)cc1C(C)(F)F.O=C(O)C(F)(F)F. The summed E-state index contributed by atoms with van der Waals surface area (Å²) in [6.07, 6.45) is 0.849. The number of thioether (sulfide) groups is 1. The number of carboxylic acid groups (broad SMARTS) is 1. The maximum absolute atomic E-state index is 14.0. The average Bonchev–Trinajstić information content (AvgIpc) is 2.73. The predicted octanol–water partition coefficient (Wildman–Crippen LogP) is 6.45. The molecular formula is C22H25F5N2O2S. The maximum Gasteiger partial charge on any atom is 0.490 e. The van der Waals surface area contributed by atoms with Crippen molar-refractivity contribution in [3.63, 3.8) is 0 Å². The number of anilines is 1. The average molecular weight is 477 g/mol. The van der Waals surface area contributed by atoms with Crippen LogP contribution in [0.1, 0.15) is 32.3 Å². The highest BCUT2D eigenvalue weighted by molar-refractivity contribution is 7.98. The van der Waals surface area contributed by atoms with Crippen LogP contribution in [0.5, 0.6) is 0 Å². The standard InChI is InChI=1S/C20H24F2N2S.C2HF3O2/c1-14-7-10-24(11-8-14)19-13-16(6-9-23-19)15-4-5-18(25-3)17(12-15)20(2,21)22;3-2(4,5)1(6)7/h4-6,9,12-14H,7-8,10-11H2,1-3H3;(H,6,7). The summed E-state index contributed by atoms with van der Waals surface area (Å²) in [5.41, 5.74) is 1.83. The van der Waals surface area contributed by atoms with Crippen LogP contribution >= 0.6 is 11.8 Å². The molecule has 2 aromatic rings. The summed E-state index contributed by atoms with van der Waals surface area (Å²) in [5, 5.41) is 7.12. The molecule has 1 aliphatic heterocycles. The zero-order valence-electron chi connectivity index (χ0n) is 17.9. The number of carboxylic acids is 1. The van der Waals surface area contributed by atoms with Crippen LogP contribution in [0.3, 0.4) is 0 Å². The van der Waals surface area contributed by atoms with E-state index in [0.29, 0.717) is 4.90 Å². The third-order valence-corrected chi connectivity index (χ3v) is 5.90. The maximum atomic E-state index is 14.0. The van der Waals surface area contributed by atoms with E-state index in [1.165, 1.54) is 24.6 Å². The van der Waals surface area contributed by atoms with Gasteiger partial charge in [0.2, 0.25) is 0 Å². The summed E-state index contributed by atoms with van der Waals surface area (Å²) in [6, 6.07) is 9.22. The summed E-state index contributed by atoms with van der Waals surface area (Å²) in [6.45, 7) is 5.24. The molecule has 0 aliphatic carbocycles. The molecule has 0 spiro atoms. The Bertz CT molecular complexity index is 923. The van der Waals surface area contributed by atoms with Crippen LogP contribution < -0.4 is 4.90 Å². The number of hydrogen-bond donors (Lipinski definition) is 1. The topological polar surface area (TPSA) is 53.4 Å². The van der Waals surface area contributed by atoms with Crippen LogP contribution in [0.15, 0.2) is 41.4 Å². The van der Waals surface area contributed by atoms with E-state index < -0.39 is 18.1 Å². The van der Waals surface area contributed by atoms with Gasteiger partial charge in [-0.05, 0) is 60.4 Å². The van der Waals surface area contributed by atoms with Crippen molar-refractivity contribution in [2.75, 3.05) is 24.2 Å². The fraction of sp³-hybridized carbons (Fsp3) is 0.455. The lowest BCUT2D eigenvalue weighted by Gasteiger charge is -2.31. The van der Waals surface area contributed by atoms with Gasteiger partial charge in [-0.1, -0.05) is 13.0 Å². The number of nitrogens with zero attached hydrogens (tertiary/aromatic N) is 2. The monoisotopic (exact) mass is 476 g/mol. The molecule has 10 heteroatoms. The van der Waals surface area contributed by atoms with Crippen molar-refractivity contribution in [1.82, 2.24) is 4.98 Å². The highest BCUT2D eigenvalue weighted by Gasteiger charge is 2.38. The van der Waals surface area contributed by atoms with Gasteiger partial charge in [0.1, 0.15) is 5.82 Å². The summed E-state index contributed by atoms with van der Waals surface area (Å²) in [5.74, 6) is -3.92. The Kier molecular flexibility index (Phi) is 8.50. The molecule has 0 saturated carbocycles. The number of aliphatic carboxylic acids is 1. The Morgan fingerprint density at radius 3 is 2.16 bits per heavy atom. The molecule has 4 nitrogen and oxygen atoms in total. The lowest BCUT2D eigenvalue weighted by atomic mass is 9.98. The first-order chi connectivity index (χ1) is 14.8. The molecule has 32 heavy (non-hydrogen) atoms. The molecule has 0 radical (unpaired) electrons. The number of carbonyl (C=O) groups is 1. The predicted molar refractivity (Wildman–Crippen MR) is 115 cm³/mol. The fourth-order valence-electron chi connectivity index (χ4n) is 3.24. The number of hydrogen-bond acceptors (Lipinski definition) is 4. The molecule has 0 amide bonds. The number of aromatic nitrogens is 1. The summed E-state index contributed by atoms with van der Waals surface area (Å²) >= 11 is 1.35. The first-order valence-electron chi connectivity index (χ1n) is 9.90. The minimum absolute atomic E-state index is 0.0858. The summed E-state index contributed by atoms with van der Waals surface area (Å²) in [4.78, 5) is 16.3. The van der Waals surface area contributed by atoms with Crippen LogP contribution in [-0.4, -0.2) is 41.6 Å². The Hall–Kier alpha value is -2.36. The van der Waals surface area contributed by atoms with Crippen molar-refractivity contribution in [2.45, 2.75) is 43.7 Å². The number of piperidine rings is 1. The van der Waals surface area contributed by atoms with E-state index in [2.05, 4.69) is 16.8 Å². The molecular weight excluding hydrogens is 451 g/mol. The van der Waals surface area contributed by atoms with Crippen LogP contribution in [0.4, 0.5) is 27.8 Å². The van der Waals surface area contributed by atoms with Gasteiger partial charge in [0, 0.05) is 36.7 Å². The van der Waals surface area contributed by atoms with Gasteiger partial charge in [-0.3, -0.25) is 0 Å². The van der Waals surface area contributed by atoms with Crippen molar-refractivity contribution < 1.29 is 31.9 Å². The molecule has 2 heterocycles. The van der Waals surface area contributed by atoms with Crippen molar-refractivity contribution >= 4 is 23.5 Å². The molecule has 1 aliphatic rings. The van der Waals surface area contributed by atoms with Gasteiger partial charge in [0.25, 0.3) is 5.92 Å². The normalized spacial score (nSPS) is 15.2. The molecule has 0 unspecified atom stereocenters. The largest absolute Gasteiger partial charge is 0.490 e. The van der Waals surface area contributed by atoms with Gasteiger partial charge in [-0.15, -0.1) is 11.8 Å². The molecule has 1 N–H and O–H groups in total. The van der Waals surface area contributed by atoms with Crippen molar-refractivity contribution in [3.8, 4) is 11.1 Å². The highest BCUT2D eigenvalue weighted by atomic mass is 32.2. The van der Waals surface area contributed by atoms with Crippen LogP contribution in [0, 0.1) is 5.92 Å². The number of alkyl halides is 5. The van der Waals surface area contributed by atoms with E-state index in [1.54, 1.807) is 18.3 Å². The first-order valence-corrected chi connectivity index (χ1v) is 11.1. The minimum atomic E-state index is -5.08. The number of rotatable bonds is 4. The highest BCUT2D eigenvalue weighted by Crippen LogP contribution is 2.37. The summed E-state index contributed by atoms with van der Waals surface area (Å²) in [7, 11) is 0. The van der Waals surface area contributed by atoms with E-state index in [0.717, 1.165) is 42.9 Å². The Balaban J connectivity index is 0.000000451. The second kappa shape index (κ2) is 10.5. The molecule has 1 saturated heterocycles. The van der Waals surface area contributed by atoms with E-state index >= 15 is 0 Å².